The topological polar surface area (TPSA) is 89.5 Å². The normalized spacial score (nSPS) is 11.7. The molecule has 7 nitrogen and oxygen atoms in total. The van der Waals surface area contributed by atoms with Crippen molar-refractivity contribution >= 4 is 12.0 Å². The minimum Gasteiger partial charge on any atom is -0.450 e. The molecule has 1 atom stereocenters. The molecule has 156 valence electrons. The summed E-state index contributed by atoms with van der Waals surface area (Å²) in [5, 5.41) is 5.41. The molecule has 0 aliphatic carbocycles. The van der Waals surface area contributed by atoms with Gasteiger partial charge in [0.15, 0.2) is 0 Å². The molecule has 1 unspecified atom stereocenters. The highest BCUT2D eigenvalue weighted by Crippen LogP contribution is 2.24. The second kappa shape index (κ2) is 10.5. The zero-order valence-corrected chi connectivity index (χ0v) is 17.6. The summed E-state index contributed by atoms with van der Waals surface area (Å²) in [6.45, 7) is 9.96. The summed E-state index contributed by atoms with van der Waals surface area (Å²) < 4.78 is 10.7. The van der Waals surface area contributed by atoms with Gasteiger partial charge >= 0.3 is 6.09 Å². The highest BCUT2D eigenvalue weighted by molar-refractivity contribution is 5.85. The van der Waals surface area contributed by atoms with Crippen LogP contribution in [0.1, 0.15) is 37.5 Å². The van der Waals surface area contributed by atoms with Crippen molar-refractivity contribution in [3.8, 4) is 11.6 Å². The zero-order valence-electron chi connectivity index (χ0n) is 17.6. The standard InChI is InChI=1S/C22H29N3O4/c1-6-28-22(27)25-20(14(2)3)21(26)24-13-17-9-10-19(23-12-17)29-18-11-15(4)7-8-16(18)5/h7-12,14,20H,6,13H2,1-5H3,(H,24,26)(H,25,27). The van der Waals surface area contributed by atoms with Gasteiger partial charge in [0.05, 0.1) is 6.61 Å². The van der Waals surface area contributed by atoms with Gasteiger partial charge in [0.1, 0.15) is 11.8 Å². The van der Waals surface area contributed by atoms with Gasteiger partial charge < -0.3 is 20.1 Å². The van der Waals surface area contributed by atoms with E-state index in [0.29, 0.717) is 12.4 Å². The Morgan fingerprint density at radius 3 is 2.52 bits per heavy atom. The second-order valence-corrected chi connectivity index (χ2v) is 7.18. The number of aromatic nitrogens is 1. The van der Waals surface area contributed by atoms with Crippen LogP contribution in [0.3, 0.4) is 0 Å². The summed E-state index contributed by atoms with van der Waals surface area (Å²) in [6, 6.07) is 8.94. The van der Waals surface area contributed by atoms with Crippen LogP contribution in [0.5, 0.6) is 11.6 Å². The summed E-state index contributed by atoms with van der Waals surface area (Å²) >= 11 is 0. The lowest BCUT2D eigenvalue weighted by Gasteiger charge is -2.21. The van der Waals surface area contributed by atoms with E-state index in [1.165, 1.54) is 0 Å². The van der Waals surface area contributed by atoms with Gasteiger partial charge in [0, 0.05) is 18.8 Å². The number of nitrogens with one attached hydrogen (secondary N) is 2. The predicted molar refractivity (Wildman–Crippen MR) is 111 cm³/mol. The third kappa shape index (κ3) is 6.78. The molecule has 0 aliphatic rings. The van der Waals surface area contributed by atoms with Crippen molar-refractivity contribution in [1.29, 1.82) is 0 Å². The van der Waals surface area contributed by atoms with Crippen LogP contribution in [0.25, 0.3) is 0 Å². The molecule has 2 aromatic rings. The van der Waals surface area contributed by atoms with Gasteiger partial charge in [-0.05, 0) is 49.4 Å². The van der Waals surface area contributed by atoms with Gasteiger partial charge in [0.2, 0.25) is 11.8 Å². The second-order valence-electron chi connectivity index (χ2n) is 7.18. The molecule has 0 saturated heterocycles. The van der Waals surface area contributed by atoms with Crippen LogP contribution in [0.15, 0.2) is 36.5 Å². The van der Waals surface area contributed by atoms with Crippen molar-refractivity contribution in [2.45, 2.75) is 47.2 Å². The fraction of sp³-hybridized carbons (Fsp3) is 0.409. The third-order valence-electron chi connectivity index (χ3n) is 4.32. The molecular formula is C22H29N3O4. The number of hydrogen-bond acceptors (Lipinski definition) is 5. The molecule has 2 amide bonds. The quantitative estimate of drug-likeness (QED) is 0.703. The Morgan fingerprint density at radius 2 is 1.90 bits per heavy atom. The van der Waals surface area contributed by atoms with Crippen LogP contribution in [0.4, 0.5) is 4.79 Å². The first-order valence-electron chi connectivity index (χ1n) is 9.71. The molecular weight excluding hydrogens is 370 g/mol. The van der Waals surface area contributed by atoms with Gasteiger partial charge in [-0.25, -0.2) is 9.78 Å². The highest BCUT2D eigenvalue weighted by atomic mass is 16.5. The summed E-state index contributed by atoms with van der Waals surface area (Å²) in [5.41, 5.74) is 2.97. The average Bonchev–Trinajstić information content (AvgIpc) is 2.68. The molecule has 1 heterocycles. The Morgan fingerprint density at radius 1 is 1.14 bits per heavy atom. The van der Waals surface area contributed by atoms with E-state index in [1.807, 2.05) is 52.0 Å². The highest BCUT2D eigenvalue weighted by Gasteiger charge is 2.24. The number of amides is 2. The maximum atomic E-state index is 12.4. The van der Waals surface area contributed by atoms with Crippen molar-refractivity contribution < 1.29 is 19.1 Å². The molecule has 7 heteroatoms. The number of hydrogen-bond donors (Lipinski definition) is 2. The number of nitrogens with zero attached hydrogens (tertiary/aromatic N) is 1. The summed E-state index contributed by atoms with van der Waals surface area (Å²) in [4.78, 5) is 28.4. The van der Waals surface area contributed by atoms with Crippen molar-refractivity contribution in [2.24, 2.45) is 5.92 Å². The Bertz CT molecular complexity index is 834. The van der Waals surface area contributed by atoms with Crippen LogP contribution in [-0.2, 0) is 16.1 Å². The van der Waals surface area contributed by atoms with E-state index in [9.17, 15) is 9.59 Å². The van der Waals surface area contributed by atoms with Crippen molar-refractivity contribution in [3.05, 3.63) is 53.2 Å². The molecule has 2 rings (SSSR count). The van der Waals surface area contributed by atoms with E-state index >= 15 is 0 Å². The van der Waals surface area contributed by atoms with E-state index in [0.717, 1.165) is 22.4 Å². The lowest BCUT2D eigenvalue weighted by atomic mass is 10.0. The van der Waals surface area contributed by atoms with Gasteiger partial charge in [-0.15, -0.1) is 0 Å². The van der Waals surface area contributed by atoms with Gasteiger partial charge in [-0.1, -0.05) is 32.0 Å². The predicted octanol–water partition coefficient (Wildman–Crippen LogP) is 3.88. The van der Waals surface area contributed by atoms with Crippen molar-refractivity contribution in [2.75, 3.05) is 6.61 Å². The fourth-order valence-corrected chi connectivity index (χ4v) is 2.64. The molecule has 0 fully saturated rings. The first kappa shape index (κ1) is 22.2. The number of aryl methyl sites for hydroxylation is 2. The Hall–Kier alpha value is -3.09. The Kier molecular flexibility index (Phi) is 8.00. The minimum absolute atomic E-state index is 0.0779. The van der Waals surface area contributed by atoms with Crippen LogP contribution >= 0.6 is 0 Å². The first-order chi connectivity index (χ1) is 13.8. The fourth-order valence-electron chi connectivity index (χ4n) is 2.64. The average molecular weight is 399 g/mol. The van der Waals surface area contributed by atoms with Gasteiger partial charge in [0.25, 0.3) is 0 Å². The lowest BCUT2D eigenvalue weighted by molar-refractivity contribution is -0.124. The van der Waals surface area contributed by atoms with Crippen LogP contribution in [0, 0.1) is 19.8 Å². The van der Waals surface area contributed by atoms with Crippen molar-refractivity contribution in [3.63, 3.8) is 0 Å². The van der Waals surface area contributed by atoms with Crippen LogP contribution < -0.4 is 15.4 Å². The monoisotopic (exact) mass is 399 g/mol. The number of rotatable bonds is 8. The largest absolute Gasteiger partial charge is 0.450 e. The molecule has 0 radical (unpaired) electrons. The molecule has 0 bridgehead atoms. The number of carbonyl (C=O) groups excluding carboxylic acids is 2. The molecule has 1 aromatic heterocycles. The van der Waals surface area contributed by atoms with E-state index < -0.39 is 12.1 Å². The Balaban J connectivity index is 1.94. The molecule has 0 spiro atoms. The maximum absolute atomic E-state index is 12.4. The minimum atomic E-state index is -0.672. The summed E-state index contributed by atoms with van der Waals surface area (Å²) in [6.07, 6.45) is 1.06. The number of carbonyl (C=O) groups is 2. The molecule has 29 heavy (non-hydrogen) atoms. The number of pyridine rings is 1. The number of ether oxygens (including phenoxy) is 2. The van der Waals surface area contributed by atoms with Gasteiger partial charge in [-0.2, -0.15) is 0 Å². The van der Waals surface area contributed by atoms with E-state index in [2.05, 4.69) is 15.6 Å². The molecule has 0 saturated carbocycles. The van der Waals surface area contributed by atoms with Gasteiger partial charge in [-0.3, -0.25) is 4.79 Å². The summed E-state index contributed by atoms with van der Waals surface area (Å²) in [5.74, 6) is 0.899. The molecule has 2 N–H and O–H groups in total. The number of benzene rings is 1. The van der Waals surface area contributed by atoms with Crippen LogP contribution in [0.2, 0.25) is 0 Å². The third-order valence-corrected chi connectivity index (χ3v) is 4.32. The van der Waals surface area contributed by atoms with E-state index in [-0.39, 0.29) is 18.4 Å². The smallest absolute Gasteiger partial charge is 0.407 e. The molecule has 1 aromatic carbocycles. The zero-order chi connectivity index (χ0) is 21.4. The SMILES string of the molecule is CCOC(=O)NC(C(=O)NCc1ccc(Oc2cc(C)ccc2C)nc1)C(C)C. The number of alkyl carbamates (subject to hydrolysis) is 1. The lowest BCUT2D eigenvalue weighted by Crippen LogP contribution is -2.49. The van der Waals surface area contributed by atoms with Crippen LogP contribution in [-0.4, -0.2) is 29.6 Å². The van der Waals surface area contributed by atoms with Crippen molar-refractivity contribution in [1.82, 2.24) is 15.6 Å². The maximum Gasteiger partial charge on any atom is 0.407 e. The molecule has 0 aliphatic heterocycles. The Labute approximate surface area is 171 Å². The van der Waals surface area contributed by atoms with E-state index in [4.69, 9.17) is 9.47 Å². The first-order valence-corrected chi connectivity index (χ1v) is 9.71. The van der Waals surface area contributed by atoms with E-state index in [1.54, 1.807) is 19.2 Å². The summed E-state index contributed by atoms with van der Waals surface area (Å²) in [7, 11) is 0.